The minimum atomic E-state index is 0.455. The van der Waals surface area contributed by atoms with Crippen molar-refractivity contribution in [3.05, 3.63) is 18.6 Å². The van der Waals surface area contributed by atoms with Gasteiger partial charge in [-0.3, -0.25) is 0 Å². The van der Waals surface area contributed by atoms with Gasteiger partial charge in [0.05, 0.1) is 6.20 Å². The van der Waals surface area contributed by atoms with E-state index in [9.17, 15) is 0 Å². The second-order valence-electron chi connectivity index (χ2n) is 4.73. The molecule has 0 aromatic carbocycles. The monoisotopic (exact) mass is 278 g/mol. The number of nitrogen functional groups attached to an aromatic ring is 1. The summed E-state index contributed by atoms with van der Waals surface area (Å²) in [6.45, 7) is 0. The molecule has 0 aliphatic heterocycles. The van der Waals surface area contributed by atoms with Gasteiger partial charge in [-0.1, -0.05) is 6.42 Å². The third kappa shape index (κ3) is 2.35. The molecule has 4 N–H and O–H groups in total. The lowest BCUT2D eigenvalue weighted by atomic mass is 10.2. The summed E-state index contributed by atoms with van der Waals surface area (Å²) in [5, 5.41) is 4.18. The summed E-state index contributed by atoms with van der Waals surface area (Å²) in [7, 11) is 0. The van der Waals surface area contributed by atoms with Gasteiger partial charge < -0.3 is 15.1 Å². The Morgan fingerprint density at radius 2 is 2.37 bits per heavy atom. The van der Waals surface area contributed by atoms with E-state index in [1.807, 2.05) is 28.6 Å². The zero-order valence-electron chi connectivity index (χ0n) is 10.8. The predicted octanol–water partition coefficient (Wildman–Crippen LogP) is 1.71. The van der Waals surface area contributed by atoms with E-state index in [-0.39, 0.29) is 0 Å². The molecule has 2 unspecified atom stereocenters. The van der Waals surface area contributed by atoms with Crippen molar-refractivity contribution >= 4 is 29.0 Å². The summed E-state index contributed by atoms with van der Waals surface area (Å²) in [6, 6.07) is 0.455. The Balaban J connectivity index is 1.92. The molecule has 7 heteroatoms. The fourth-order valence-corrected chi connectivity index (χ4v) is 3.58. The fourth-order valence-electron chi connectivity index (χ4n) is 2.65. The molecule has 0 radical (unpaired) electrons. The van der Waals surface area contributed by atoms with Crippen LogP contribution in [0.5, 0.6) is 0 Å². The third-order valence-corrected chi connectivity index (χ3v) is 4.77. The topological polar surface area (TPSA) is 80.3 Å². The van der Waals surface area contributed by atoms with Crippen molar-refractivity contribution in [1.29, 1.82) is 0 Å². The molecule has 19 heavy (non-hydrogen) atoms. The zero-order chi connectivity index (χ0) is 13.2. The van der Waals surface area contributed by atoms with E-state index in [4.69, 9.17) is 5.84 Å². The van der Waals surface area contributed by atoms with E-state index in [0.29, 0.717) is 17.1 Å². The van der Waals surface area contributed by atoms with E-state index >= 15 is 0 Å². The Labute approximate surface area is 116 Å². The number of nitrogens with one attached hydrogen (secondary N) is 2. The summed E-state index contributed by atoms with van der Waals surface area (Å²) in [5.74, 6) is 6.89. The first kappa shape index (κ1) is 12.6. The number of thioether (sulfide) groups is 1. The maximum absolute atomic E-state index is 5.46. The number of nitrogens with zero attached hydrogens (tertiary/aromatic N) is 3. The number of aromatic nitrogens is 3. The average Bonchev–Trinajstić information content (AvgIpc) is 3.06. The molecule has 2 aromatic rings. The van der Waals surface area contributed by atoms with Gasteiger partial charge in [-0.05, 0) is 19.1 Å². The maximum Gasteiger partial charge on any atom is 0.180 e. The van der Waals surface area contributed by atoms with Gasteiger partial charge in [0.1, 0.15) is 0 Å². The highest BCUT2D eigenvalue weighted by Gasteiger charge is 2.27. The molecular weight excluding hydrogens is 260 g/mol. The van der Waals surface area contributed by atoms with Crippen LogP contribution in [-0.2, 0) is 0 Å². The number of hydrogen-bond donors (Lipinski definition) is 3. The van der Waals surface area contributed by atoms with E-state index in [1.54, 1.807) is 6.20 Å². The SMILES string of the molecule is CSC1CCCC1Nc1nc(NN)cn2ccnc12. The Morgan fingerprint density at radius 3 is 3.16 bits per heavy atom. The summed E-state index contributed by atoms with van der Waals surface area (Å²) >= 11 is 1.92. The van der Waals surface area contributed by atoms with Crippen molar-refractivity contribution in [2.24, 2.45) is 5.84 Å². The van der Waals surface area contributed by atoms with Gasteiger partial charge in [0.15, 0.2) is 17.3 Å². The van der Waals surface area contributed by atoms with Gasteiger partial charge in [0, 0.05) is 23.7 Å². The lowest BCUT2D eigenvalue weighted by Gasteiger charge is -2.20. The van der Waals surface area contributed by atoms with Gasteiger partial charge >= 0.3 is 0 Å². The Morgan fingerprint density at radius 1 is 1.47 bits per heavy atom. The van der Waals surface area contributed by atoms with Gasteiger partial charge in [0.25, 0.3) is 0 Å². The molecule has 6 nitrogen and oxygen atoms in total. The van der Waals surface area contributed by atoms with E-state index in [1.165, 1.54) is 19.3 Å². The lowest BCUT2D eigenvalue weighted by Crippen LogP contribution is -2.27. The van der Waals surface area contributed by atoms with Crippen molar-refractivity contribution in [3.63, 3.8) is 0 Å². The number of nitrogens with two attached hydrogens (primary N) is 1. The minimum Gasteiger partial charge on any atom is -0.363 e. The maximum atomic E-state index is 5.46. The van der Waals surface area contributed by atoms with E-state index in [2.05, 4.69) is 27.0 Å². The molecule has 1 fully saturated rings. The van der Waals surface area contributed by atoms with Crippen molar-refractivity contribution in [2.45, 2.75) is 30.6 Å². The first-order chi connectivity index (χ1) is 9.31. The van der Waals surface area contributed by atoms with Crippen LogP contribution in [0.25, 0.3) is 5.65 Å². The third-order valence-electron chi connectivity index (χ3n) is 3.60. The number of hydrogen-bond acceptors (Lipinski definition) is 6. The standard InChI is InChI=1S/C12H18N6S/c1-19-9-4-2-3-8(9)15-11-12-14-5-6-18(12)7-10(16-11)17-13/h5-9,17H,2-4,13H2,1H3,(H,15,16). The Hall–Kier alpha value is -1.47. The highest BCUT2D eigenvalue weighted by Crippen LogP contribution is 2.31. The fraction of sp³-hybridized carbons (Fsp3) is 0.500. The smallest absolute Gasteiger partial charge is 0.180 e. The van der Waals surface area contributed by atoms with Crippen LogP contribution in [0, 0.1) is 0 Å². The Kier molecular flexibility index (Phi) is 3.48. The zero-order valence-corrected chi connectivity index (χ0v) is 11.7. The lowest BCUT2D eigenvalue weighted by molar-refractivity contribution is 0.763. The van der Waals surface area contributed by atoms with E-state index < -0.39 is 0 Å². The van der Waals surface area contributed by atoms with Crippen molar-refractivity contribution < 1.29 is 0 Å². The van der Waals surface area contributed by atoms with Crippen molar-refractivity contribution in [3.8, 4) is 0 Å². The Bertz CT molecular complexity index is 568. The molecule has 2 heterocycles. The molecule has 2 aromatic heterocycles. The van der Waals surface area contributed by atoms with Crippen LogP contribution >= 0.6 is 11.8 Å². The van der Waals surface area contributed by atoms with Gasteiger partial charge in [-0.15, -0.1) is 0 Å². The van der Waals surface area contributed by atoms with Crippen LogP contribution in [0.15, 0.2) is 18.6 Å². The van der Waals surface area contributed by atoms with E-state index in [0.717, 1.165) is 11.5 Å². The molecule has 2 atom stereocenters. The second kappa shape index (κ2) is 5.26. The summed E-state index contributed by atoms with van der Waals surface area (Å²) in [4.78, 5) is 8.83. The summed E-state index contributed by atoms with van der Waals surface area (Å²) in [6.07, 6.45) is 11.4. The average molecular weight is 278 g/mol. The van der Waals surface area contributed by atoms with Crippen LogP contribution in [-0.4, -0.2) is 31.9 Å². The largest absolute Gasteiger partial charge is 0.363 e. The normalized spacial score (nSPS) is 22.8. The molecule has 0 saturated heterocycles. The number of anilines is 2. The number of fused-ring (bicyclic) bond motifs is 1. The van der Waals surface area contributed by atoms with Crippen LogP contribution in [0.3, 0.4) is 0 Å². The second-order valence-corrected chi connectivity index (χ2v) is 5.81. The molecule has 0 spiro atoms. The molecule has 0 bridgehead atoms. The molecule has 1 aliphatic carbocycles. The van der Waals surface area contributed by atoms with Gasteiger partial charge in [-0.2, -0.15) is 11.8 Å². The predicted molar refractivity (Wildman–Crippen MR) is 79.4 cm³/mol. The number of hydrazine groups is 1. The highest BCUT2D eigenvalue weighted by atomic mass is 32.2. The van der Waals surface area contributed by atoms with Crippen LogP contribution in [0.4, 0.5) is 11.6 Å². The van der Waals surface area contributed by atoms with Gasteiger partial charge in [-0.25, -0.2) is 15.8 Å². The summed E-state index contributed by atoms with van der Waals surface area (Å²) in [5.41, 5.74) is 3.43. The van der Waals surface area contributed by atoms with Crippen molar-refractivity contribution in [1.82, 2.24) is 14.4 Å². The first-order valence-electron chi connectivity index (χ1n) is 6.41. The van der Waals surface area contributed by atoms with Crippen LogP contribution < -0.4 is 16.6 Å². The molecule has 0 amide bonds. The first-order valence-corrected chi connectivity index (χ1v) is 7.70. The minimum absolute atomic E-state index is 0.455. The number of rotatable bonds is 4. The van der Waals surface area contributed by atoms with Gasteiger partial charge in [0.2, 0.25) is 0 Å². The van der Waals surface area contributed by atoms with Crippen LogP contribution in [0.1, 0.15) is 19.3 Å². The summed E-state index contributed by atoms with van der Waals surface area (Å²) < 4.78 is 1.92. The molecular formula is C12H18N6S. The molecule has 1 saturated carbocycles. The van der Waals surface area contributed by atoms with Crippen molar-refractivity contribution in [2.75, 3.05) is 17.0 Å². The quantitative estimate of drug-likeness (QED) is 0.583. The van der Waals surface area contributed by atoms with Crippen LogP contribution in [0.2, 0.25) is 0 Å². The highest BCUT2D eigenvalue weighted by molar-refractivity contribution is 7.99. The number of imidazole rings is 1. The molecule has 1 aliphatic rings. The molecule has 102 valence electrons. The molecule has 3 rings (SSSR count).